The van der Waals surface area contributed by atoms with E-state index >= 15 is 0 Å². The number of nitrogens with zero attached hydrogens (tertiary/aromatic N) is 2. The molecule has 0 fully saturated rings. The van der Waals surface area contributed by atoms with Gasteiger partial charge in [-0.05, 0) is 32.9 Å². The number of hydrogen-bond acceptors (Lipinski definition) is 4. The third-order valence-electron chi connectivity index (χ3n) is 3.18. The van der Waals surface area contributed by atoms with Gasteiger partial charge in [0.25, 0.3) is 0 Å². The van der Waals surface area contributed by atoms with Crippen molar-refractivity contribution in [1.82, 2.24) is 15.2 Å². The predicted octanol–water partition coefficient (Wildman–Crippen LogP) is 3.12. The van der Waals surface area contributed by atoms with Gasteiger partial charge in [0.05, 0.1) is 5.69 Å². The fourth-order valence-corrected chi connectivity index (χ4v) is 2.45. The van der Waals surface area contributed by atoms with E-state index in [0.29, 0.717) is 12.0 Å². The maximum Gasteiger partial charge on any atom is 0.107 e. The van der Waals surface area contributed by atoms with E-state index in [4.69, 9.17) is 0 Å². The van der Waals surface area contributed by atoms with Gasteiger partial charge in [0.15, 0.2) is 0 Å². The van der Waals surface area contributed by atoms with Gasteiger partial charge in [-0.1, -0.05) is 20.8 Å². The molecule has 0 aliphatic carbocycles. The summed E-state index contributed by atoms with van der Waals surface area (Å²) in [6.07, 6.45) is 1.18. The summed E-state index contributed by atoms with van der Waals surface area (Å²) in [4.78, 5) is 7.04. The first-order valence-electron chi connectivity index (χ1n) is 6.87. The van der Waals surface area contributed by atoms with Crippen LogP contribution in [0.5, 0.6) is 0 Å². The molecule has 1 rings (SSSR count). The molecule has 1 unspecified atom stereocenters. The lowest BCUT2D eigenvalue weighted by Crippen LogP contribution is -2.27. The summed E-state index contributed by atoms with van der Waals surface area (Å²) in [6.45, 7) is 11.8. The number of hydrogen-bond donors (Lipinski definition) is 1. The van der Waals surface area contributed by atoms with Crippen LogP contribution in [0.3, 0.4) is 0 Å². The molecule has 3 nitrogen and oxygen atoms in total. The van der Waals surface area contributed by atoms with Crippen molar-refractivity contribution in [2.45, 2.75) is 53.2 Å². The summed E-state index contributed by atoms with van der Waals surface area (Å²) < 4.78 is 0. The predicted molar refractivity (Wildman–Crippen MR) is 79.9 cm³/mol. The lowest BCUT2D eigenvalue weighted by atomic mass is 10.2. The van der Waals surface area contributed by atoms with Gasteiger partial charge in [-0.15, -0.1) is 11.3 Å². The highest BCUT2D eigenvalue weighted by Gasteiger charge is 2.09. The molecule has 18 heavy (non-hydrogen) atoms. The highest BCUT2D eigenvalue weighted by atomic mass is 32.1. The highest BCUT2D eigenvalue weighted by molar-refractivity contribution is 7.09. The van der Waals surface area contributed by atoms with E-state index in [2.05, 4.69) is 55.3 Å². The van der Waals surface area contributed by atoms with Crippen molar-refractivity contribution in [2.75, 3.05) is 13.6 Å². The zero-order valence-electron chi connectivity index (χ0n) is 12.4. The molecular weight excluding hydrogens is 242 g/mol. The van der Waals surface area contributed by atoms with Gasteiger partial charge in [0.1, 0.15) is 5.01 Å². The number of rotatable bonds is 8. The monoisotopic (exact) mass is 269 g/mol. The third kappa shape index (κ3) is 5.46. The van der Waals surface area contributed by atoms with Crippen molar-refractivity contribution in [3.05, 3.63) is 16.1 Å². The molecule has 104 valence electrons. The average molecular weight is 269 g/mol. The van der Waals surface area contributed by atoms with Crippen LogP contribution in [0.1, 0.15) is 44.8 Å². The summed E-state index contributed by atoms with van der Waals surface area (Å²) in [6, 6.07) is 0.620. The van der Waals surface area contributed by atoms with Gasteiger partial charge in [0, 0.05) is 24.5 Å². The average Bonchev–Trinajstić information content (AvgIpc) is 2.75. The largest absolute Gasteiger partial charge is 0.310 e. The second-order valence-electron chi connectivity index (χ2n) is 5.43. The highest BCUT2D eigenvalue weighted by Crippen LogP contribution is 2.13. The maximum absolute atomic E-state index is 4.68. The first-order valence-corrected chi connectivity index (χ1v) is 7.75. The van der Waals surface area contributed by atoms with E-state index in [1.54, 1.807) is 11.3 Å². The molecule has 1 aromatic rings. The van der Waals surface area contributed by atoms with Gasteiger partial charge in [0.2, 0.25) is 0 Å². The Morgan fingerprint density at radius 2 is 2.11 bits per heavy atom. The molecule has 4 heteroatoms. The van der Waals surface area contributed by atoms with Crippen LogP contribution in [0, 0.1) is 5.92 Å². The number of thiazole rings is 1. The van der Waals surface area contributed by atoms with Crippen LogP contribution in [0.25, 0.3) is 0 Å². The van der Waals surface area contributed by atoms with E-state index in [1.165, 1.54) is 17.1 Å². The molecule has 0 aliphatic rings. The van der Waals surface area contributed by atoms with Gasteiger partial charge in [-0.2, -0.15) is 0 Å². The summed E-state index contributed by atoms with van der Waals surface area (Å²) >= 11 is 1.76. The van der Waals surface area contributed by atoms with Gasteiger partial charge < -0.3 is 5.32 Å². The van der Waals surface area contributed by atoms with E-state index in [0.717, 1.165) is 19.6 Å². The Labute approximate surface area is 116 Å². The summed E-state index contributed by atoms with van der Waals surface area (Å²) in [5, 5.41) is 6.82. The Morgan fingerprint density at radius 1 is 1.39 bits per heavy atom. The number of aromatic nitrogens is 1. The Morgan fingerprint density at radius 3 is 2.72 bits per heavy atom. The molecule has 0 saturated heterocycles. The first-order chi connectivity index (χ1) is 8.52. The van der Waals surface area contributed by atoms with Gasteiger partial charge in [-0.3, -0.25) is 4.90 Å². The van der Waals surface area contributed by atoms with E-state index in [9.17, 15) is 0 Å². The zero-order valence-corrected chi connectivity index (χ0v) is 13.2. The molecule has 1 aromatic heterocycles. The molecule has 0 amide bonds. The zero-order chi connectivity index (χ0) is 13.5. The fourth-order valence-electron chi connectivity index (χ4n) is 1.69. The topological polar surface area (TPSA) is 28.2 Å². The normalized spacial score (nSPS) is 13.5. The minimum atomic E-state index is 0.620. The molecule has 1 atom stereocenters. The van der Waals surface area contributed by atoms with Crippen LogP contribution in [-0.4, -0.2) is 29.5 Å². The number of nitrogens with one attached hydrogen (secondary N) is 1. The van der Waals surface area contributed by atoms with Crippen molar-refractivity contribution < 1.29 is 0 Å². The molecule has 0 aliphatic heterocycles. The van der Waals surface area contributed by atoms with Crippen LogP contribution in [0.2, 0.25) is 0 Å². The second kappa shape index (κ2) is 7.87. The van der Waals surface area contributed by atoms with Crippen LogP contribution < -0.4 is 5.32 Å². The first kappa shape index (κ1) is 15.6. The fraction of sp³-hybridized carbons (Fsp3) is 0.786. The Balaban J connectivity index is 2.38. The molecular formula is C14H27N3S. The van der Waals surface area contributed by atoms with E-state index in [1.807, 2.05) is 0 Å². The minimum absolute atomic E-state index is 0.620. The van der Waals surface area contributed by atoms with Gasteiger partial charge in [-0.25, -0.2) is 4.98 Å². The molecule has 0 aromatic carbocycles. The summed E-state index contributed by atoms with van der Waals surface area (Å²) in [7, 11) is 2.17. The molecule has 0 radical (unpaired) electrons. The molecule has 0 bridgehead atoms. The lowest BCUT2D eigenvalue weighted by molar-refractivity contribution is 0.241. The Kier molecular flexibility index (Phi) is 6.82. The molecule has 1 N–H and O–H groups in total. The van der Waals surface area contributed by atoms with Crippen molar-refractivity contribution in [2.24, 2.45) is 5.92 Å². The third-order valence-corrected chi connectivity index (χ3v) is 4.08. The van der Waals surface area contributed by atoms with Crippen molar-refractivity contribution in [3.63, 3.8) is 0 Å². The van der Waals surface area contributed by atoms with Crippen LogP contribution in [0.15, 0.2) is 5.38 Å². The molecule has 0 saturated carbocycles. The van der Waals surface area contributed by atoms with Crippen LogP contribution in [-0.2, 0) is 13.1 Å². The Hall–Kier alpha value is -0.450. The quantitative estimate of drug-likeness (QED) is 0.786. The van der Waals surface area contributed by atoms with Crippen molar-refractivity contribution in [1.29, 1.82) is 0 Å². The smallest absolute Gasteiger partial charge is 0.107 e. The van der Waals surface area contributed by atoms with Crippen LogP contribution >= 0.6 is 11.3 Å². The van der Waals surface area contributed by atoms with E-state index in [-0.39, 0.29) is 0 Å². The molecule has 1 heterocycles. The minimum Gasteiger partial charge on any atom is -0.310 e. The standard InChI is InChI=1S/C14H27N3S/c1-6-12(4)17(5)9-13-10-18-14(16-13)8-15-7-11(2)3/h10-12,15H,6-9H2,1-5H3. The van der Waals surface area contributed by atoms with Crippen LogP contribution in [0.4, 0.5) is 0 Å². The van der Waals surface area contributed by atoms with E-state index < -0.39 is 0 Å². The summed E-state index contributed by atoms with van der Waals surface area (Å²) in [5.41, 5.74) is 1.20. The maximum atomic E-state index is 4.68. The second-order valence-corrected chi connectivity index (χ2v) is 6.37. The molecule has 0 spiro atoms. The Bertz CT molecular complexity index is 336. The van der Waals surface area contributed by atoms with Crippen molar-refractivity contribution in [3.8, 4) is 0 Å². The SMILES string of the molecule is CCC(C)N(C)Cc1csc(CNCC(C)C)n1. The summed E-state index contributed by atoms with van der Waals surface area (Å²) in [5.74, 6) is 0.695. The lowest BCUT2D eigenvalue weighted by Gasteiger charge is -2.22. The van der Waals surface area contributed by atoms with Crippen molar-refractivity contribution >= 4 is 11.3 Å². The van der Waals surface area contributed by atoms with Gasteiger partial charge >= 0.3 is 0 Å².